The van der Waals surface area contributed by atoms with Crippen LogP contribution in [-0.4, -0.2) is 34.6 Å². The number of amides is 1. The average molecular weight is 220 g/mol. The molecule has 2 heterocycles. The highest BCUT2D eigenvalue weighted by Crippen LogP contribution is 2.28. The minimum absolute atomic E-state index is 0.203. The van der Waals surface area contributed by atoms with Gasteiger partial charge in [-0.3, -0.25) is 9.46 Å². The third-order valence-electron chi connectivity index (χ3n) is 3.18. The monoisotopic (exact) mass is 220 g/mol. The molecule has 0 aliphatic carbocycles. The van der Waals surface area contributed by atoms with E-state index >= 15 is 0 Å². The summed E-state index contributed by atoms with van der Waals surface area (Å²) in [5.41, 5.74) is 2.06. The lowest BCUT2D eigenvalue weighted by atomic mass is 10.1. The topological polar surface area (TPSA) is 23.6 Å². The van der Waals surface area contributed by atoms with Crippen molar-refractivity contribution in [3.63, 3.8) is 0 Å². The molecule has 1 fully saturated rings. The second kappa shape index (κ2) is 3.29. The summed E-state index contributed by atoms with van der Waals surface area (Å²) in [5, 5.41) is 0. The summed E-state index contributed by atoms with van der Waals surface area (Å²) in [4.78, 5) is 14.0. The van der Waals surface area contributed by atoms with E-state index in [9.17, 15) is 4.79 Å². The third-order valence-corrected chi connectivity index (χ3v) is 3.60. The van der Waals surface area contributed by atoms with Gasteiger partial charge < -0.3 is 4.90 Å². The highest BCUT2D eigenvalue weighted by Gasteiger charge is 2.37. The van der Waals surface area contributed by atoms with Crippen molar-refractivity contribution in [2.75, 3.05) is 13.1 Å². The van der Waals surface area contributed by atoms with Crippen LogP contribution in [0.2, 0.25) is 0 Å². The van der Waals surface area contributed by atoms with E-state index in [-0.39, 0.29) is 5.91 Å². The van der Waals surface area contributed by atoms with Crippen LogP contribution in [0.4, 0.5) is 0 Å². The van der Waals surface area contributed by atoms with Gasteiger partial charge in [0.15, 0.2) is 0 Å². The van der Waals surface area contributed by atoms with Gasteiger partial charge in [-0.15, -0.1) is 0 Å². The second-order valence-corrected chi connectivity index (χ2v) is 4.93. The highest BCUT2D eigenvalue weighted by atomic mass is 31.0. The molecule has 0 spiro atoms. The summed E-state index contributed by atoms with van der Waals surface area (Å²) >= 11 is 0. The molecule has 1 saturated heterocycles. The zero-order valence-electron chi connectivity index (χ0n) is 8.39. The largest absolute Gasteiger partial charge is 0.329 e. The number of nitrogens with zero attached hydrogens (tertiary/aromatic N) is 2. The fourth-order valence-electron chi connectivity index (χ4n) is 2.26. The molecule has 3 nitrogen and oxygen atoms in total. The van der Waals surface area contributed by atoms with E-state index in [4.69, 9.17) is 0 Å². The van der Waals surface area contributed by atoms with Crippen LogP contribution in [0.3, 0.4) is 0 Å². The molecular formula is C11H13N2OP. The predicted octanol–water partition coefficient (Wildman–Crippen LogP) is 1.12. The molecular weight excluding hydrogens is 207 g/mol. The molecule has 1 atom stereocenters. The van der Waals surface area contributed by atoms with Crippen molar-refractivity contribution in [1.82, 2.24) is 9.57 Å². The standard InChI is InChI=1S/C11H13N2OP/c14-11-10-4-2-1-3-8(10)5-13(11)9-6-12(15)7-9/h1-4,9H,5-7,15H2. The van der Waals surface area contributed by atoms with Crippen molar-refractivity contribution >= 4 is 15.3 Å². The Morgan fingerprint density at radius 3 is 2.67 bits per heavy atom. The molecule has 2 aliphatic heterocycles. The minimum Gasteiger partial charge on any atom is -0.329 e. The first-order valence-corrected chi connectivity index (χ1v) is 5.66. The van der Waals surface area contributed by atoms with Crippen LogP contribution >= 0.6 is 9.39 Å². The SMILES string of the molecule is O=C1c2ccccc2CN1C1CN(P)C1. The van der Waals surface area contributed by atoms with Crippen molar-refractivity contribution in [2.45, 2.75) is 12.6 Å². The van der Waals surface area contributed by atoms with Crippen molar-refractivity contribution in [3.05, 3.63) is 35.4 Å². The maximum atomic E-state index is 12.0. The van der Waals surface area contributed by atoms with Crippen molar-refractivity contribution in [3.8, 4) is 0 Å². The lowest BCUT2D eigenvalue weighted by Gasteiger charge is -2.41. The Balaban J connectivity index is 1.84. The molecule has 0 saturated carbocycles. The predicted molar refractivity (Wildman–Crippen MR) is 61.4 cm³/mol. The lowest BCUT2D eigenvalue weighted by molar-refractivity contribution is 0.0537. The molecule has 0 bridgehead atoms. The fourth-order valence-corrected chi connectivity index (χ4v) is 2.74. The van der Waals surface area contributed by atoms with E-state index in [1.165, 1.54) is 5.56 Å². The molecule has 1 amide bonds. The minimum atomic E-state index is 0.203. The van der Waals surface area contributed by atoms with Crippen LogP contribution in [0.25, 0.3) is 0 Å². The normalized spacial score (nSPS) is 21.7. The van der Waals surface area contributed by atoms with E-state index in [0.29, 0.717) is 6.04 Å². The summed E-state index contributed by atoms with van der Waals surface area (Å²) in [6, 6.07) is 8.31. The first-order valence-electron chi connectivity index (χ1n) is 5.14. The lowest BCUT2D eigenvalue weighted by Crippen LogP contribution is -2.55. The quantitative estimate of drug-likeness (QED) is 0.662. The molecule has 2 aliphatic rings. The van der Waals surface area contributed by atoms with Crippen LogP contribution in [0.5, 0.6) is 0 Å². The van der Waals surface area contributed by atoms with Gasteiger partial charge in [0, 0.05) is 25.2 Å². The molecule has 0 radical (unpaired) electrons. The number of carbonyl (C=O) groups is 1. The van der Waals surface area contributed by atoms with E-state index in [2.05, 4.69) is 14.1 Å². The summed E-state index contributed by atoms with van der Waals surface area (Å²) in [5.74, 6) is 0.203. The van der Waals surface area contributed by atoms with Crippen LogP contribution in [0, 0.1) is 0 Å². The van der Waals surface area contributed by atoms with Gasteiger partial charge in [-0.1, -0.05) is 27.6 Å². The molecule has 15 heavy (non-hydrogen) atoms. The Morgan fingerprint density at radius 2 is 2.00 bits per heavy atom. The number of rotatable bonds is 1. The zero-order chi connectivity index (χ0) is 10.4. The maximum Gasteiger partial charge on any atom is 0.254 e. The molecule has 78 valence electrons. The summed E-state index contributed by atoms with van der Waals surface area (Å²) < 4.78 is 2.15. The first kappa shape index (κ1) is 9.32. The summed E-state index contributed by atoms with van der Waals surface area (Å²) in [6.45, 7) is 2.74. The Morgan fingerprint density at radius 1 is 1.27 bits per heavy atom. The Hall–Kier alpha value is -0.920. The second-order valence-electron chi connectivity index (χ2n) is 4.20. The van der Waals surface area contributed by atoms with Crippen LogP contribution < -0.4 is 0 Å². The molecule has 0 N–H and O–H groups in total. The average Bonchev–Trinajstić information content (AvgIpc) is 2.52. The van der Waals surface area contributed by atoms with Crippen LogP contribution in [0.15, 0.2) is 24.3 Å². The molecule has 0 aromatic heterocycles. The summed E-state index contributed by atoms with van der Waals surface area (Å²) in [7, 11) is 2.67. The van der Waals surface area contributed by atoms with Crippen molar-refractivity contribution < 1.29 is 4.79 Å². The highest BCUT2D eigenvalue weighted by molar-refractivity contribution is 7.13. The van der Waals surface area contributed by atoms with Gasteiger partial charge in [0.05, 0.1) is 6.04 Å². The Labute approximate surface area is 91.3 Å². The van der Waals surface area contributed by atoms with E-state index in [1.807, 2.05) is 29.2 Å². The molecule has 4 heteroatoms. The molecule has 1 aromatic carbocycles. The fraction of sp³-hybridized carbons (Fsp3) is 0.364. The van der Waals surface area contributed by atoms with Gasteiger partial charge in [-0.2, -0.15) is 0 Å². The number of hydrogen-bond acceptors (Lipinski definition) is 2. The number of carbonyl (C=O) groups excluding carboxylic acids is 1. The Kier molecular flexibility index (Phi) is 2.04. The van der Waals surface area contributed by atoms with E-state index in [1.54, 1.807) is 0 Å². The van der Waals surface area contributed by atoms with Gasteiger partial charge >= 0.3 is 0 Å². The molecule has 3 rings (SSSR count). The van der Waals surface area contributed by atoms with Crippen LogP contribution in [0.1, 0.15) is 15.9 Å². The van der Waals surface area contributed by atoms with E-state index in [0.717, 1.165) is 25.2 Å². The summed E-state index contributed by atoms with van der Waals surface area (Å²) in [6.07, 6.45) is 0. The number of benzene rings is 1. The van der Waals surface area contributed by atoms with Gasteiger partial charge in [0.1, 0.15) is 0 Å². The first-order chi connectivity index (χ1) is 7.25. The number of hydrogen-bond donors (Lipinski definition) is 0. The molecule has 1 unspecified atom stereocenters. The molecule has 1 aromatic rings. The van der Waals surface area contributed by atoms with Crippen LogP contribution in [-0.2, 0) is 6.54 Å². The number of fused-ring (bicyclic) bond motifs is 1. The van der Waals surface area contributed by atoms with Gasteiger partial charge in [0.2, 0.25) is 0 Å². The maximum absolute atomic E-state index is 12.0. The van der Waals surface area contributed by atoms with Gasteiger partial charge in [0.25, 0.3) is 5.91 Å². The van der Waals surface area contributed by atoms with Crippen molar-refractivity contribution in [2.24, 2.45) is 0 Å². The van der Waals surface area contributed by atoms with Gasteiger partial charge in [-0.25, -0.2) is 0 Å². The van der Waals surface area contributed by atoms with Gasteiger partial charge in [-0.05, 0) is 11.6 Å². The Bertz CT molecular complexity index is 415. The zero-order valence-corrected chi connectivity index (χ0v) is 9.54. The smallest absolute Gasteiger partial charge is 0.254 e. The van der Waals surface area contributed by atoms with Crippen molar-refractivity contribution in [1.29, 1.82) is 0 Å². The third kappa shape index (κ3) is 1.38. The van der Waals surface area contributed by atoms with E-state index < -0.39 is 0 Å².